The van der Waals surface area contributed by atoms with Gasteiger partial charge in [0.25, 0.3) is 0 Å². The summed E-state index contributed by atoms with van der Waals surface area (Å²) >= 11 is 0. The van der Waals surface area contributed by atoms with Crippen molar-refractivity contribution in [3.8, 4) is 0 Å². The molecule has 1 N–H and O–H groups in total. The van der Waals surface area contributed by atoms with Crippen molar-refractivity contribution in [2.75, 3.05) is 0 Å². The summed E-state index contributed by atoms with van der Waals surface area (Å²) in [5, 5.41) is 10.2. The maximum Gasteiger partial charge on any atom is 0.104 e. The standard InChI is InChI=1S/C27H44O2/c1-17(2)7-6-8-18(3)23-16-24-27(29-24)22-10-9-19-15-20(28)11-13-25(19,4)21(22)12-14-26(23,27)5/h9,17-18,20-24,28H,6-8,10-16H2,1-5H3/t18?,20-,21-,22+,23+,24?,25-,26+,27-/m0/s1. The van der Waals surface area contributed by atoms with Crippen LogP contribution >= 0.6 is 0 Å². The molecular weight excluding hydrogens is 356 g/mol. The van der Waals surface area contributed by atoms with Gasteiger partial charge in [0.2, 0.25) is 0 Å². The van der Waals surface area contributed by atoms with Gasteiger partial charge in [-0.1, -0.05) is 65.5 Å². The lowest BCUT2D eigenvalue weighted by molar-refractivity contribution is -0.0987. The molecule has 1 saturated heterocycles. The summed E-state index contributed by atoms with van der Waals surface area (Å²) in [6.45, 7) is 12.4. The third-order valence-electron chi connectivity index (χ3n) is 10.7. The van der Waals surface area contributed by atoms with Crippen molar-refractivity contribution in [2.45, 2.75) is 117 Å². The van der Waals surface area contributed by atoms with Crippen LogP contribution < -0.4 is 0 Å². The van der Waals surface area contributed by atoms with Crippen LogP contribution in [-0.4, -0.2) is 22.9 Å². The van der Waals surface area contributed by atoms with Crippen LogP contribution in [-0.2, 0) is 4.74 Å². The maximum absolute atomic E-state index is 10.2. The Labute approximate surface area is 178 Å². The Hall–Kier alpha value is -0.340. The number of aliphatic hydroxyl groups excluding tert-OH is 1. The first-order valence-corrected chi connectivity index (χ1v) is 12.8. The van der Waals surface area contributed by atoms with Gasteiger partial charge < -0.3 is 9.84 Å². The fraction of sp³-hybridized carbons (Fsp3) is 0.926. The summed E-state index contributed by atoms with van der Waals surface area (Å²) in [5.41, 5.74) is 2.45. The Morgan fingerprint density at radius 3 is 2.66 bits per heavy atom. The average molecular weight is 401 g/mol. The van der Waals surface area contributed by atoms with Gasteiger partial charge >= 0.3 is 0 Å². The van der Waals surface area contributed by atoms with Crippen molar-refractivity contribution in [3.63, 3.8) is 0 Å². The van der Waals surface area contributed by atoms with E-state index in [2.05, 4.69) is 40.7 Å². The first-order chi connectivity index (χ1) is 13.7. The van der Waals surface area contributed by atoms with Crippen LogP contribution in [0.1, 0.15) is 98.8 Å². The van der Waals surface area contributed by atoms with E-state index in [9.17, 15) is 5.11 Å². The van der Waals surface area contributed by atoms with Crippen LogP contribution in [0.25, 0.3) is 0 Å². The van der Waals surface area contributed by atoms with Gasteiger partial charge in [-0.2, -0.15) is 0 Å². The fourth-order valence-corrected chi connectivity index (χ4v) is 9.03. The van der Waals surface area contributed by atoms with Crippen molar-refractivity contribution in [3.05, 3.63) is 11.6 Å². The fourth-order valence-electron chi connectivity index (χ4n) is 9.03. The van der Waals surface area contributed by atoms with Crippen molar-refractivity contribution < 1.29 is 9.84 Å². The van der Waals surface area contributed by atoms with Crippen molar-refractivity contribution in [1.82, 2.24) is 0 Å². The van der Waals surface area contributed by atoms with E-state index in [0.717, 1.165) is 36.5 Å². The SMILES string of the molecule is CC(C)CCCC(C)[C@H]1CC2O[C@@]23[C@@H]2CC=C4C[C@@H](O)CC[C@]4(C)[C@H]2CC[C@]13C. The van der Waals surface area contributed by atoms with Gasteiger partial charge in [-0.25, -0.2) is 0 Å². The zero-order chi connectivity index (χ0) is 20.6. The van der Waals surface area contributed by atoms with Gasteiger partial charge in [0, 0.05) is 5.41 Å². The van der Waals surface area contributed by atoms with Gasteiger partial charge in [-0.3, -0.25) is 0 Å². The third kappa shape index (κ3) is 2.80. The maximum atomic E-state index is 10.2. The Morgan fingerprint density at radius 1 is 1.10 bits per heavy atom. The Balaban J connectivity index is 1.38. The number of ether oxygens (including phenoxy) is 1. The molecule has 0 aromatic rings. The van der Waals surface area contributed by atoms with Gasteiger partial charge in [0.1, 0.15) is 5.60 Å². The second kappa shape index (κ2) is 6.83. The molecule has 29 heavy (non-hydrogen) atoms. The largest absolute Gasteiger partial charge is 0.393 e. The van der Waals surface area contributed by atoms with Crippen LogP contribution in [0.2, 0.25) is 0 Å². The molecule has 0 radical (unpaired) electrons. The number of fused-ring (bicyclic) bond motifs is 3. The van der Waals surface area contributed by atoms with E-state index < -0.39 is 0 Å². The predicted octanol–water partition coefficient (Wildman–Crippen LogP) is 6.52. The molecule has 1 aliphatic heterocycles. The highest BCUT2D eigenvalue weighted by atomic mass is 16.6. The Kier molecular flexibility index (Phi) is 4.84. The average Bonchev–Trinajstić information content (AvgIpc) is 3.32. The molecule has 0 bridgehead atoms. The molecule has 4 aliphatic carbocycles. The van der Waals surface area contributed by atoms with E-state index in [1.54, 1.807) is 5.57 Å². The molecule has 0 aromatic carbocycles. The highest BCUT2D eigenvalue weighted by Gasteiger charge is 2.80. The summed E-state index contributed by atoms with van der Waals surface area (Å²) in [5.74, 6) is 3.99. The molecule has 1 spiro atoms. The summed E-state index contributed by atoms with van der Waals surface area (Å²) in [4.78, 5) is 0. The minimum atomic E-state index is -0.106. The highest BCUT2D eigenvalue weighted by molar-refractivity contribution is 5.33. The summed E-state index contributed by atoms with van der Waals surface area (Å²) < 4.78 is 6.71. The molecule has 2 unspecified atom stereocenters. The second-order valence-corrected chi connectivity index (χ2v) is 12.5. The van der Waals surface area contributed by atoms with Crippen molar-refractivity contribution in [2.24, 2.45) is 40.4 Å². The zero-order valence-electron chi connectivity index (χ0n) is 19.5. The van der Waals surface area contributed by atoms with Crippen LogP contribution in [0.5, 0.6) is 0 Å². The number of rotatable bonds is 5. The van der Waals surface area contributed by atoms with E-state index in [1.807, 2.05) is 0 Å². The van der Waals surface area contributed by atoms with E-state index in [0.29, 0.717) is 22.9 Å². The Morgan fingerprint density at radius 2 is 1.90 bits per heavy atom. The van der Waals surface area contributed by atoms with Crippen molar-refractivity contribution in [1.29, 1.82) is 0 Å². The summed E-state index contributed by atoms with van der Waals surface area (Å²) in [7, 11) is 0. The first kappa shape index (κ1) is 20.6. The molecular formula is C27H44O2. The molecule has 5 aliphatic rings. The third-order valence-corrected chi connectivity index (χ3v) is 10.7. The highest BCUT2D eigenvalue weighted by Crippen LogP contribution is 2.76. The number of hydrogen-bond donors (Lipinski definition) is 1. The van der Waals surface area contributed by atoms with Crippen LogP contribution in [0.4, 0.5) is 0 Å². The predicted molar refractivity (Wildman–Crippen MR) is 119 cm³/mol. The van der Waals surface area contributed by atoms with E-state index in [4.69, 9.17) is 4.74 Å². The van der Waals surface area contributed by atoms with Gasteiger partial charge in [0.05, 0.1) is 12.2 Å². The molecule has 9 atom stereocenters. The molecule has 0 aromatic heterocycles. The molecule has 1 heterocycles. The Bertz CT molecular complexity index is 682. The van der Waals surface area contributed by atoms with Gasteiger partial charge in [0.15, 0.2) is 0 Å². The monoisotopic (exact) mass is 400 g/mol. The molecule has 2 heteroatoms. The van der Waals surface area contributed by atoms with Gasteiger partial charge in [-0.15, -0.1) is 0 Å². The molecule has 2 nitrogen and oxygen atoms in total. The molecule has 3 saturated carbocycles. The smallest absolute Gasteiger partial charge is 0.104 e. The van der Waals surface area contributed by atoms with Gasteiger partial charge in [-0.05, 0) is 80.0 Å². The summed E-state index contributed by atoms with van der Waals surface area (Å²) in [6, 6.07) is 0. The van der Waals surface area contributed by atoms with E-state index >= 15 is 0 Å². The molecule has 164 valence electrons. The topological polar surface area (TPSA) is 32.8 Å². The van der Waals surface area contributed by atoms with Crippen molar-refractivity contribution >= 4 is 0 Å². The molecule has 5 rings (SSSR count). The second-order valence-electron chi connectivity index (χ2n) is 12.5. The minimum absolute atomic E-state index is 0.106. The summed E-state index contributed by atoms with van der Waals surface area (Å²) in [6.07, 6.45) is 15.5. The van der Waals surface area contributed by atoms with Crippen LogP contribution in [0.3, 0.4) is 0 Å². The zero-order valence-corrected chi connectivity index (χ0v) is 19.5. The number of aliphatic hydroxyl groups is 1. The number of allylic oxidation sites excluding steroid dienone is 1. The lowest BCUT2D eigenvalue weighted by atomic mass is 9.46. The lowest BCUT2D eigenvalue weighted by Gasteiger charge is -2.58. The van der Waals surface area contributed by atoms with E-state index in [-0.39, 0.29) is 11.7 Å². The number of epoxide rings is 1. The first-order valence-electron chi connectivity index (χ1n) is 12.8. The quantitative estimate of drug-likeness (QED) is 0.421. The lowest BCUT2D eigenvalue weighted by Crippen LogP contribution is -2.56. The van der Waals surface area contributed by atoms with Crippen LogP contribution in [0.15, 0.2) is 11.6 Å². The van der Waals surface area contributed by atoms with E-state index in [1.165, 1.54) is 51.4 Å². The molecule has 4 fully saturated rings. The van der Waals surface area contributed by atoms with Crippen LogP contribution in [0, 0.1) is 40.4 Å². The molecule has 0 amide bonds. The number of hydrogen-bond acceptors (Lipinski definition) is 2. The normalized spacial score (nSPS) is 51.6. The minimum Gasteiger partial charge on any atom is -0.393 e.